The van der Waals surface area contributed by atoms with Crippen molar-refractivity contribution < 1.29 is 27.4 Å². The molecule has 8 heteroatoms. The van der Waals surface area contributed by atoms with Gasteiger partial charge in [0.2, 0.25) is 0 Å². The van der Waals surface area contributed by atoms with Crippen LogP contribution in [0.5, 0.6) is 0 Å². The third kappa shape index (κ3) is 6.90. The number of halogens is 1. The summed E-state index contributed by atoms with van der Waals surface area (Å²) in [5.74, 6) is -0.634. The monoisotopic (exact) mass is 336 g/mol. The SMILES string of the molecule is CCOCCOCCOC(=O)c1cccc(S(=O)(=O)Cl)c1. The van der Waals surface area contributed by atoms with Crippen molar-refractivity contribution in [2.24, 2.45) is 0 Å². The fraction of sp³-hybridized carbons (Fsp3) is 0.462. The highest BCUT2D eigenvalue weighted by atomic mass is 35.7. The summed E-state index contributed by atoms with van der Waals surface area (Å²) >= 11 is 0. The third-order valence-corrected chi connectivity index (χ3v) is 3.74. The smallest absolute Gasteiger partial charge is 0.338 e. The van der Waals surface area contributed by atoms with Gasteiger partial charge in [-0.1, -0.05) is 6.07 Å². The molecule has 0 heterocycles. The molecule has 0 saturated heterocycles. The van der Waals surface area contributed by atoms with Gasteiger partial charge >= 0.3 is 5.97 Å². The average molecular weight is 337 g/mol. The summed E-state index contributed by atoms with van der Waals surface area (Å²) in [4.78, 5) is 11.6. The standard InChI is InChI=1S/C13H17ClO6S/c1-2-18-6-7-19-8-9-20-13(15)11-4-3-5-12(10-11)21(14,16)17/h3-5,10H,2,6-9H2,1H3. The van der Waals surface area contributed by atoms with Gasteiger partial charge in [0.1, 0.15) is 6.61 Å². The number of hydrogen-bond acceptors (Lipinski definition) is 6. The number of hydrogen-bond donors (Lipinski definition) is 0. The molecule has 0 spiro atoms. The summed E-state index contributed by atoms with van der Waals surface area (Å²) in [6.45, 7) is 3.73. The van der Waals surface area contributed by atoms with Crippen molar-refractivity contribution in [3.63, 3.8) is 0 Å². The lowest BCUT2D eigenvalue weighted by Gasteiger charge is -2.07. The summed E-state index contributed by atoms with van der Waals surface area (Å²) in [6, 6.07) is 5.34. The first kappa shape index (κ1) is 17.9. The van der Waals surface area contributed by atoms with E-state index in [-0.39, 0.29) is 23.7 Å². The van der Waals surface area contributed by atoms with E-state index in [1.165, 1.54) is 24.3 Å². The maximum atomic E-state index is 11.7. The molecular weight excluding hydrogens is 320 g/mol. The fourth-order valence-electron chi connectivity index (χ4n) is 1.42. The minimum Gasteiger partial charge on any atom is -0.460 e. The van der Waals surface area contributed by atoms with Crippen LogP contribution >= 0.6 is 10.7 Å². The van der Waals surface area contributed by atoms with E-state index in [2.05, 4.69) is 0 Å². The molecule has 0 aliphatic carbocycles. The van der Waals surface area contributed by atoms with Crippen LogP contribution in [0.1, 0.15) is 17.3 Å². The predicted octanol–water partition coefficient (Wildman–Crippen LogP) is 1.82. The zero-order valence-corrected chi connectivity index (χ0v) is 13.2. The Morgan fingerprint density at radius 1 is 1.14 bits per heavy atom. The van der Waals surface area contributed by atoms with Gasteiger partial charge in [0.05, 0.1) is 30.3 Å². The Morgan fingerprint density at radius 2 is 1.81 bits per heavy atom. The normalized spacial score (nSPS) is 11.3. The lowest BCUT2D eigenvalue weighted by atomic mass is 10.2. The van der Waals surface area contributed by atoms with Crippen LogP contribution in [-0.4, -0.2) is 47.4 Å². The van der Waals surface area contributed by atoms with Gasteiger partial charge in [-0.15, -0.1) is 0 Å². The second kappa shape index (κ2) is 8.99. The molecule has 0 aromatic heterocycles. The van der Waals surface area contributed by atoms with Crippen molar-refractivity contribution in [1.29, 1.82) is 0 Å². The summed E-state index contributed by atoms with van der Waals surface area (Å²) < 4.78 is 37.6. The Bertz CT molecular complexity index is 558. The Kier molecular flexibility index (Phi) is 7.66. The van der Waals surface area contributed by atoms with Gasteiger partial charge in [0.15, 0.2) is 0 Å². The first-order valence-electron chi connectivity index (χ1n) is 6.32. The van der Waals surface area contributed by atoms with Crippen molar-refractivity contribution in [1.82, 2.24) is 0 Å². The summed E-state index contributed by atoms with van der Waals surface area (Å²) in [5.41, 5.74) is 0.117. The number of benzene rings is 1. The molecule has 0 atom stereocenters. The van der Waals surface area contributed by atoms with Crippen LogP contribution in [-0.2, 0) is 23.3 Å². The van der Waals surface area contributed by atoms with Gasteiger partial charge in [-0.3, -0.25) is 0 Å². The van der Waals surface area contributed by atoms with Gasteiger partial charge in [-0.05, 0) is 25.1 Å². The van der Waals surface area contributed by atoms with Crippen LogP contribution in [0.3, 0.4) is 0 Å². The van der Waals surface area contributed by atoms with Crippen LogP contribution < -0.4 is 0 Å². The highest BCUT2D eigenvalue weighted by Gasteiger charge is 2.14. The number of carbonyl (C=O) groups excluding carboxylic acids is 1. The Balaban J connectivity index is 2.39. The molecule has 0 unspecified atom stereocenters. The minimum atomic E-state index is -3.87. The van der Waals surface area contributed by atoms with E-state index >= 15 is 0 Å². The van der Waals surface area contributed by atoms with Gasteiger partial charge in [0.25, 0.3) is 9.05 Å². The number of rotatable bonds is 9. The molecule has 0 aliphatic rings. The second-order valence-electron chi connectivity index (χ2n) is 3.91. The van der Waals surface area contributed by atoms with Crippen LogP contribution in [0.15, 0.2) is 29.2 Å². The minimum absolute atomic E-state index is 0.0722. The van der Waals surface area contributed by atoms with Gasteiger partial charge in [-0.25, -0.2) is 13.2 Å². The Morgan fingerprint density at radius 3 is 2.48 bits per heavy atom. The third-order valence-electron chi connectivity index (χ3n) is 2.39. The summed E-state index contributed by atoms with van der Waals surface area (Å²) in [6.07, 6.45) is 0. The highest BCUT2D eigenvalue weighted by molar-refractivity contribution is 8.13. The molecule has 0 radical (unpaired) electrons. The maximum absolute atomic E-state index is 11.7. The molecule has 21 heavy (non-hydrogen) atoms. The van der Waals surface area contributed by atoms with Crippen molar-refractivity contribution in [3.8, 4) is 0 Å². The van der Waals surface area contributed by atoms with E-state index in [4.69, 9.17) is 24.9 Å². The molecule has 1 aromatic rings. The van der Waals surface area contributed by atoms with E-state index in [0.29, 0.717) is 19.8 Å². The predicted molar refractivity (Wildman–Crippen MR) is 77.1 cm³/mol. The molecule has 118 valence electrons. The second-order valence-corrected chi connectivity index (χ2v) is 6.48. The van der Waals surface area contributed by atoms with Crippen molar-refractivity contribution in [2.75, 3.05) is 33.0 Å². The Labute approximate surface area is 128 Å². The molecular formula is C13H17ClO6S. The fourth-order valence-corrected chi connectivity index (χ4v) is 2.21. The van der Waals surface area contributed by atoms with Gasteiger partial charge in [-0.2, -0.15) is 0 Å². The molecule has 0 saturated carbocycles. The van der Waals surface area contributed by atoms with Gasteiger partial charge < -0.3 is 14.2 Å². The van der Waals surface area contributed by atoms with Gasteiger partial charge in [0, 0.05) is 17.3 Å². The van der Waals surface area contributed by atoms with E-state index in [9.17, 15) is 13.2 Å². The largest absolute Gasteiger partial charge is 0.460 e. The first-order chi connectivity index (χ1) is 9.95. The van der Waals surface area contributed by atoms with Crippen molar-refractivity contribution >= 4 is 25.7 Å². The van der Waals surface area contributed by atoms with Crippen LogP contribution in [0, 0.1) is 0 Å². The molecule has 1 rings (SSSR count). The molecule has 0 aliphatic heterocycles. The molecule has 0 bridgehead atoms. The zero-order chi connectivity index (χ0) is 15.7. The van der Waals surface area contributed by atoms with Crippen LogP contribution in [0.25, 0.3) is 0 Å². The Hall–Kier alpha value is -1.15. The number of esters is 1. The summed E-state index contributed by atoms with van der Waals surface area (Å²) in [5, 5.41) is 0. The molecule has 0 fully saturated rings. The van der Waals surface area contributed by atoms with E-state index in [1.807, 2.05) is 6.92 Å². The number of ether oxygens (including phenoxy) is 3. The van der Waals surface area contributed by atoms with E-state index in [0.717, 1.165) is 0 Å². The maximum Gasteiger partial charge on any atom is 0.338 e. The highest BCUT2D eigenvalue weighted by Crippen LogP contribution is 2.16. The van der Waals surface area contributed by atoms with Crippen LogP contribution in [0.4, 0.5) is 0 Å². The lowest BCUT2D eigenvalue weighted by Crippen LogP contribution is -2.13. The van der Waals surface area contributed by atoms with E-state index < -0.39 is 15.0 Å². The first-order valence-corrected chi connectivity index (χ1v) is 8.63. The lowest BCUT2D eigenvalue weighted by molar-refractivity contribution is 0.0163. The quantitative estimate of drug-likeness (QED) is 0.389. The molecule has 0 amide bonds. The number of carbonyl (C=O) groups is 1. The summed E-state index contributed by atoms with van der Waals surface area (Å²) in [7, 11) is 1.34. The van der Waals surface area contributed by atoms with Crippen molar-refractivity contribution in [2.45, 2.75) is 11.8 Å². The molecule has 0 N–H and O–H groups in total. The molecule has 6 nitrogen and oxygen atoms in total. The average Bonchev–Trinajstić information content (AvgIpc) is 2.45. The zero-order valence-electron chi connectivity index (χ0n) is 11.6. The van der Waals surface area contributed by atoms with Crippen molar-refractivity contribution in [3.05, 3.63) is 29.8 Å². The topological polar surface area (TPSA) is 78.9 Å². The van der Waals surface area contributed by atoms with E-state index in [1.54, 1.807) is 0 Å². The van der Waals surface area contributed by atoms with Crippen LogP contribution in [0.2, 0.25) is 0 Å². The molecule has 1 aromatic carbocycles.